The SMILES string of the molecule is O=C(c1ccc(Br)cc1)N1CCC(S(=O)(=O)c2ccc(Cl)cc2)C1. The van der Waals surface area contributed by atoms with E-state index in [1.165, 1.54) is 12.1 Å². The van der Waals surface area contributed by atoms with Crippen LogP contribution in [0.1, 0.15) is 16.8 Å². The molecule has 0 aliphatic carbocycles. The minimum Gasteiger partial charge on any atom is -0.337 e. The molecule has 0 N–H and O–H groups in total. The summed E-state index contributed by atoms with van der Waals surface area (Å²) in [5, 5.41) is -0.0921. The molecule has 1 atom stereocenters. The van der Waals surface area contributed by atoms with E-state index < -0.39 is 15.1 Å². The van der Waals surface area contributed by atoms with Crippen LogP contribution in [0, 0.1) is 0 Å². The van der Waals surface area contributed by atoms with E-state index in [-0.39, 0.29) is 17.3 Å². The van der Waals surface area contributed by atoms with Gasteiger partial charge in [0, 0.05) is 28.1 Å². The average molecular weight is 429 g/mol. The van der Waals surface area contributed by atoms with Gasteiger partial charge in [-0.3, -0.25) is 4.79 Å². The van der Waals surface area contributed by atoms with Crippen LogP contribution in [0.5, 0.6) is 0 Å². The Morgan fingerprint density at radius 3 is 2.33 bits per heavy atom. The van der Waals surface area contributed by atoms with Crippen LogP contribution in [0.25, 0.3) is 0 Å². The average Bonchev–Trinajstić information content (AvgIpc) is 3.06. The molecule has 2 aromatic carbocycles. The Morgan fingerprint density at radius 1 is 1.08 bits per heavy atom. The lowest BCUT2D eigenvalue weighted by Gasteiger charge is -2.17. The van der Waals surface area contributed by atoms with Crippen LogP contribution < -0.4 is 0 Å². The Morgan fingerprint density at radius 2 is 1.71 bits per heavy atom. The molecule has 0 radical (unpaired) electrons. The van der Waals surface area contributed by atoms with Gasteiger partial charge in [-0.1, -0.05) is 27.5 Å². The number of halogens is 2. The highest BCUT2D eigenvalue weighted by molar-refractivity contribution is 9.10. The molecule has 1 amide bonds. The molecule has 1 heterocycles. The molecule has 0 saturated carbocycles. The monoisotopic (exact) mass is 427 g/mol. The number of nitrogens with zero attached hydrogens (tertiary/aromatic N) is 1. The third-order valence-electron chi connectivity index (χ3n) is 4.10. The lowest BCUT2D eigenvalue weighted by molar-refractivity contribution is 0.0793. The van der Waals surface area contributed by atoms with Gasteiger partial charge in [-0.25, -0.2) is 8.42 Å². The number of hydrogen-bond acceptors (Lipinski definition) is 3. The molecule has 1 aliphatic rings. The minimum absolute atomic E-state index is 0.142. The summed E-state index contributed by atoms with van der Waals surface area (Å²) in [5.74, 6) is -0.142. The molecule has 4 nitrogen and oxygen atoms in total. The number of sulfone groups is 1. The molecule has 1 saturated heterocycles. The molecule has 1 fully saturated rings. The second-order valence-corrected chi connectivity index (χ2v) is 9.25. The molecular formula is C17H15BrClNO3S. The van der Waals surface area contributed by atoms with Crippen molar-refractivity contribution in [3.8, 4) is 0 Å². The maximum Gasteiger partial charge on any atom is 0.253 e. The number of benzene rings is 2. The third-order valence-corrected chi connectivity index (χ3v) is 7.08. The molecule has 7 heteroatoms. The number of likely N-dealkylation sites (tertiary alicyclic amines) is 1. The van der Waals surface area contributed by atoms with Crippen molar-refractivity contribution in [1.82, 2.24) is 4.90 Å². The van der Waals surface area contributed by atoms with Crippen molar-refractivity contribution >= 4 is 43.3 Å². The van der Waals surface area contributed by atoms with E-state index in [1.807, 2.05) is 0 Å². The zero-order valence-electron chi connectivity index (χ0n) is 12.7. The van der Waals surface area contributed by atoms with Crippen molar-refractivity contribution in [3.63, 3.8) is 0 Å². The highest BCUT2D eigenvalue weighted by atomic mass is 79.9. The van der Waals surface area contributed by atoms with E-state index >= 15 is 0 Å². The number of carbonyl (C=O) groups excluding carboxylic acids is 1. The first-order valence-electron chi connectivity index (χ1n) is 7.42. The zero-order chi connectivity index (χ0) is 17.3. The molecule has 1 unspecified atom stereocenters. The van der Waals surface area contributed by atoms with Gasteiger partial charge in [-0.15, -0.1) is 0 Å². The summed E-state index contributed by atoms with van der Waals surface area (Å²) >= 11 is 9.15. The van der Waals surface area contributed by atoms with Gasteiger partial charge in [0.05, 0.1) is 10.1 Å². The first-order valence-corrected chi connectivity index (χ1v) is 10.1. The quantitative estimate of drug-likeness (QED) is 0.747. The summed E-state index contributed by atoms with van der Waals surface area (Å²) in [4.78, 5) is 14.4. The maximum absolute atomic E-state index is 12.7. The lowest BCUT2D eigenvalue weighted by Crippen LogP contribution is -2.31. The van der Waals surface area contributed by atoms with Crippen LogP contribution in [0.15, 0.2) is 57.9 Å². The lowest BCUT2D eigenvalue weighted by atomic mass is 10.2. The Balaban J connectivity index is 1.76. The van der Waals surface area contributed by atoms with Gasteiger partial charge in [-0.2, -0.15) is 0 Å². The first kappa shape index (κ1) is 17.5. The molecule has 24 heavy (non-hydrogen) atoms. The van der Waals surface area contributed by atoms with Crippen molar-refractivity contribution in [2.75, 3.05) is 13.1 Å². The Hall–Kier alpha value is -1.37. The standard InChI is InChI=1S/C17H15BrClNO3S/c18-13-3-1-12(2-4-13)17(21)20-10-9-16(11-20)24(22,23)15-7-5-14(19)6-8-15/h1-8,16H,9-11H2. The molecular weight excluding hydrogens is 414 g/mol. The maximum atomic E-state index is 12.7. The van der Waals surface area contributed by atoms with E-state index in [0.717, 1.165) is 4.47 Å². The van der Waals surface area contributed by atoms with Crippen LogP contribution in [0.3, 0.4) is 0 Å². The van der Waals surface area contributed by atoms with Gasteiger partial charge in [0.15, 0.2) is 9.84 Å². The molecule has 0 bridgehead atoms. The van der Waals surface area contributed by atoms with Crippen LogP contribution in [0.2, 0.25) is 5.02 Å². The number of hydrogen-bond donors (Lipinski definition) is 0. The van der Waals surface area contributed by atoms with Crippen molar-refractivity contribution < 1.29 is 13.2 Å². The predicted octanol–water partition coefficient (Wildman–Crippen LogP) is 3.79. The van der Waals surface area contributed by atoms with Crippen molar-refractivity contribution in [2.45, 2.75) is 16.6 Å². The molecule has 0 spiro atoms. The minimum atomic E-state index is -3.47. The number of rotatable bonds is 3. The van der Waals surface area contributed by atoms with Crippen LogP contribution in [0.4, 0.5) is 0 Å². The van der Waals surface area contributed by atoms with Crippen molar-refractivity contribution in [1.29, 1.82) is 0 Å². The fourth-order valence-electron chi connectivity index (χ4n) is 2.76. The number of carbonyl (C=O) groups is 1. The predicted molar refractivity (Wildman–Crippen MR) is 97.1 cm³/mol. The van der Waals surface area contributed by atoms with E-state index in [2.05, 4.69) is 15.9 Å². The van der Waals surface area contributed by atoms with Gasteiger partial charge < -0.3 is 4.90 Å². The molecule has 2 aromatic rings. The van der Waals surface area contributed by atoms with Crippen molar-refractivity contribution in [2.24, 2.45) is 0 Å². The first-order chi connectivity index (χ1) is 11.4. The van der Waals surface area contributed by atoms with Crippen LogP contribution >= 0.6 is 27.5 Å². The summed E-state index contributed by atoms with van der Waals surface area (Å²) in [6.45, 7) is 0.645. The molecule has 3 rings (SSSR count). The van der Waals surface area contributed by atoms with Gasteiger partial charge in [0.2, 0.25) is 0 Å². The van der Waals surface area contributed by atoms with Gasteiger partial charge in [0.1, 0.15) is 0 Å². The van der Waals surface area contributed by atoms with Gasteiger partial charge >= 0.3 is 0 Å². The van der Waals surface area contributed by atoms with Gasteiger partial charge in [0.25, 0.3) is 5.91 Å². The third kappa shape index (κ3) is 3.50. The Kier molecular flexibility index (Phi) is 4.99. The topological polar surface area (TPSA) is 54.5 Å². The summed E-state index contributed by atoms with van der Waals surface area (Å²) in [5.41, 5.74) is 0.558. The highest BCUT2D eigenvalue weighted by Gasteiger charge is 2.36. The van der Waals surface area contributed by atoms with Crippen LogP contribution in [-0.2, 0) is 9.84 Å². The molecule has 126 valence electrons. The fraction of sp³-hybridized carbons (Fsp3) is 0.235. The summed E-state index contributed by atoms with van der Waals surface area (Å²) in [6, 6.07) is 13.2. The smallest absolute Gasteiger partial charge is 0.253 e. The number of amides is 1. The largest absolute Gasteiger partial charge is 0.337 e. The van der Waals surface area contributed by atoms with E-state index in [9.17, 15) is 13.2 Å². The van der Waals surface area contributed by atoms with E-state index in [0.29, 0.717) is 23.6 Å². The summed E-state index contributed by atoms with van der Waals surface area (Å²) in [7, 11) is -3.47. The van der Waals surface area contributed by atoms with E-state index in [4.69, 9.17) is 11.6 Å². The van der Waals surface area contributed by atoms with Crippen molar-refractivity contribution in [3.05, 3.63) is 63.6 Å². The summed E-state index contributed by atoms with van der Waals surface area (Å²) < 4.78 is 26.3. The van der Waals surface area contributed by atoms with E-state index in [1.54, 1.807) is 41.3 Å². The van der Waals surface area contributed by atoms with Crippen LogP contribution in [-0.4, -0.2) is 37.6 Å². The Labute approximate surface area is 154 Å². The fourth-order valence-corrected chi connectivity index (χ4v) is 4.84. The second kappa shape index (κ2) is 6.86. The summed E-state index contributed by atoms with van der Waals surface area (Å²) in [6.07, 6.45) is 0.438. The highest BCUT2D eigenvalue weighted by Crippen LogP contribution is 2.26. The molecule has 0 aromatic heterocycles. The zero-order valence-corrected chi connectivity index (χ0v) is 15.8. The van der Waals surface area contributed by atoms with Gasteiger partial charge in [-0.05, 0) is 55.0 Å². The second-order valence-electron chi connectivity index (χ2n) is 5.67. The Bertz CT molecular complexity index is 850. The normalized spacial score (nSPS) is 17.9. The molecule has 1 aliphatic heterocycles.